The summed E-state index contributed by atoms with van der Waals surface area (Å²) in [6, 6.07) is 7.68. The summed E-state index contributed by atoms with van der Waals surface area (Å²) in [5.41, 5.74) is 0.449. The van der Waals surface area contributed by atoms with E-state index < -0.39 is 18.0 Å². The van der Waals surface area contributed by atoms with Crippen LogP contribution in [-0.4, -0.2) is 42.5 Å². The molecule has 1 unspecified atom stereocenters. The van der Waals surface area contributed by atoms with Gasteiger partial charge in [0, 0.05) is 12.6 Å². The molecule has 0 bridgehead atoms. The zero-order valence-corrected chi connectivity index (χ0v) is 9.75. The number of imide groups is 1. The summed E-state index contributed by atoms with van der Waals surface area (Å²) in [6.07, 6.45) is -0.704. The lowest BCUT2D eigenvalue weighted by Gasteiger charge is -2.27. The lowest BCUT2D eigenvalue weighted by Crippen LogP contribution is -2.56. The first-order valence-electron chi connectivity index (χ1n) is 5.40. The number of benzene rings is 1. The van der Waals surface area contributed by atoms with Gasteiger partial charge in [0.25, 0.3) is 11.8 Å². The van der Waals surface area contributed by atoms with Crippen LogP contribution in [0.2, 0.25) is 0 Å². The summed E-state index contributed by atoms with van der Waals surface area (Å²) in [6.45, 7) is -0.138. The Morgan fingerprint density at radius 3 is 2.67 bits per heavy atom. The van der Waals surface area contributed by atoms with E-state index in [1.165, 1.54) is 7.05 Å². The van der Waals surface area contributed by atoms with E-state index in [0.717, 1.165) is 4.90 Å². The van der Waals surface area contributed by atoms with Crippen molar-refractivity contribution in [3.8, 4) is 0 Å². The van der Waals surface area contributed by atoms with E-state index in [1.807, 2.05) is 0 Å². The van der Waals surface area contributed by atoms with Gasteiger partial charge in [-0.25, -0.2) is 9.69 Å². The van der Waals surface area contributed by atoms with Crippen LogP contribution in [0.1, 0.15) is 10.4 Å². The summed E-state index contributed by atoms with van der Waals surface area (Å²) >= 11 is 0. The summed E-state index contributed by atoms with van der Waals surface area (Å²) in [5, 5.41) is 2.53. The number of nitrogens with one attached hydrogen (secondary N) is 1. The van der Waals surface area contributed by atoms with Gasteiger partial charge in [-0.1, -0.05) is 18.2 Å². The largest absolute Gasteiger partial charge is 0.446 e. The molecule has 1 heterocycles. The molecular formula is C12H12N2O4. The van der Waals surface area contributed by atoms with Gasteiger partial charge in [0.05, 0.1) is 0 Å². The highest BCUT2D eigenvalue weighted by atomic mass is 16.6. The first-order chi connectivity index (χ1) is 8.59. The van der Waals surface area contributed by atoms with Crippen molar-refractivity contribution in [3.63, 3.8) is 0 Å². The molecule has 6 heteroatoms. The van der Waals surface area contributed by atoms with Gasteiger partial charge in [-0.3, -0.25) is 9.59 Å². The number of cyclic esters (lactones) is 1. The molecule has 1 saturated heterocycles. The minimum atomic E-state index is -0.833. The Morgan fingerprint density at radius 2 is 2.00 bits per heavy atom. The van der Waals surface area contributed by atoms with Crippen molar-refractivity contribution in [1.82, 2.24) is 10.2 Å². The van der Waals surface area contributed by atoms with E-state index >= 15 is 0 Å². The quantitative estimate of drug-likeness (QED) is 0.821. The lowest BCUT2D eigenvalue weighted by molar-refractivity contribution is -0.134. The summed E-state index contributed by atoms with van der Waals surface area (Å²) < 4.78 is 4.76. The molecule has 1 fully saturated rings. The molecule has 18 heavy (non-hydrogen) atoms. The van der Waals surface area contributed by atoms with E-state index in [9.17, 15) is 14.4 Å². The van der Waals surface area contributed by atoms with Gasteiger partial charge in [0.2, 0.25) is 0 Å². The highest BCUT2D eigenvalue weighted by molar-refractivity contribution is 6.01. The molecule has 0 spiro atoms. The van der Waals surface area contributed by atoms with Gasteiger partial charge in [0.1, 0.15) is 12.6 Å². The first-order valence-corrected chi connectivity index (χ1v) is 5.40. The van der Waals surface area contributed by atoms with Crippen LogP contribution in [0.15, 0.2) is 30.3 Å². The maximum atomic E-state index is 11.8. The SMILES string of the molecule is CN1C(=O)OCC(NC(=O)c2ccccc2)C1=O. The van der Waals surface area contributed by atoms with Crippen molar-refractivity contribution < 1.29 is 19.1 Å². The van der Waals surface area contributed by atoms with Gasteiger partial charge in [-0.05, 0) is 12.1 Å². The number of amides is 3. The Hall–Kier alpha value is -2.37. The number of hydrogen-bond donors (Lipinski definition) is 1. The monoisotopic (exact) mass is 248 g/mol. The smallest absolute Gasteiger partial charge is 0.416 e. The van der Waals surface area contributed by atoms with Crippen molar-refractivity contribution in [2.75, 3.05) is 13.7 Å². The average Bonchev–Trinajstić information content (AvgIpc) is 2.40. The van der Waals surface area contributed by atoms with Crippen LogP contribution in [0.3, 0.4) is 0 Å². The topological polar surface area (TPSA) is 75.7 Å². The molecule has 1 aromatic carbocycles. The standard InChI is InChI=1S/C12H12N2O4/c1-14-11(16)9(7-18-12(14)17)13-10(15)8-5-3-2-4-6-8/h2-6,9H,7H2,1H3,(H,13,15). The van der Waals surface area contributed by atoms with E-state index in [4.69, 9.17) is 4.74 Å². The Kier molecular flexibility index (Phi) is 3.27. The second-order valence-corrected chi connectivity index (χ2v) is 3.87. The number of likely N-dealkylation sites (N-methyl/N-ethyl adjacent to an activating group) is 1. The summed E-state index contributed by atoms with van der Waals surface area (Å²) in [7, 11) is 1.31. The number of hydrogen-bond acceptors (Lipinski definition) is 4. The van der Waals surface area contributed by atoms with Gasteiger partial charge >= 0.3 is 6.09 Å². The molecule has 1 atom stereocenters. The zero-order chi connectivity index (χ0) is 13.1. The van der Waals surface area contributed by atoms with Crippen molar-refractivity contribution in [1.29, 1.82) is 0 Å². The van der Waals surface area contributed by atoms with Gasteiger partial charge in [0.15, 0.2) is 0 Å². The molecule has 0 saturated carbocycles. The highest BCUT2D eigenvalue weighted by Gasteiger charge is 2.34. The molecule has 1 aliphatic rings. The summed E-state index contributed by atoms with van der Waals surface area (Å²) in [5.74, 6) is -0.851. The molecule has 1 N–H and O–H groups in total. The number of rotatable bonds is 2. The number of carbonyl (C=O) groups is 3. The maximum absolute atomic E-state index is 11.8. The van der Waals surface area contributed by atoms with E-state index in [0.29, 0.717) is 5.56 Å². The lowest BCUT2D eigenvalue weighted by atomic mass is 10.2. The third-order valence-electron chi connectivity index (χ3n) is 2.62. The Morgan fingerprint density at radius 1 is 1.33 bits per heavy atom. The third kappa shape index (κ3) is 2.32. The minimum Gasteiger partial charge on any atom is -0.446 e. The fraction of sp³-hybridized carbons (Fsp3) is 0.250. The number of carbonyl (C=O) groups excluding carboxylic acids is 3. The van der Waals surface area contributed by atoms with Gasteiger partial charge < -0.3 is 10.1 Å². The van der Waals surface area contributed by atoms with Crippen LogP contribution < -0.4 is 5.32 Å². The molecule has 0 aromatic heterocycles. The van der Waals surface area contributed by atoms with Crippen LogP contribution in [0.5, 0.6) is 0 Å². The molecule has 94 valence electrons. The predicted molar refractivity (Wildman–Crippen MR) is 61.8 cm³/mol. The second kappa shape index (κ2) is 4.87. The van der Waals surface area contributed by atoms with Gasteiger partial charge in [-0.15, -0.1) is 0 Å². The first kappa shape index (κ1) is 12.1. The number of ether oxygens (including phenoxy) is 1. The zero-order valence-electron chi connectivity index (χ0n) is 9.75. The van der Waals surface area contributed by atoms with Crippen LogP contribution in [0.25, 0.3) is 0 Å². The Labute approximate surface area is 104 Å². The van der Waals surface area contributed by atoms with Crippen molar-refractivity contribution >= 4 is 17.9 Å². The third-order valence-corrected chi connectivity index (χ3v) is 2.62. The van der Waals surface area contributed by atoms with Crippen LogP contribution >= 0.6 is 0 Å². The van der Waals surface area contributed by atoms with E-state index in [1.54, 1.807) is 30.3 Å². The van der Waals surface area contributed by atoms with E-state index in [2.05, 4.69) is 5.32 Å². The molecule has 0 aliphatic carbocycles. The Balaban J connectivity index is 2.04. The number of nitrogens with zero attached hydrogens (tertiary/aromatic N) is 1. The fourth-order valence-electron chi connectivity index (χ4n) is 1.58. The summed E-state index contributed by atoms with van der Waals surface area (Å²) in [4.78, 5) is 35.5. The van der Waals surface area contributed by atoms with Crippen LogP contribution in [0, 0.1) is 0 Å². The molecule has 2 rings (SSSR count). The normalized spacial score (nSPS) is 19.4. The molecular weight excluding hydrogens is 236 g/mol. The van der Waals surface area contributed by atoms with Crippen LogP contribution in [0.4, 0.5) is 4.79 Å². The predicted octanol–water partition coefficient (Wildman–Crippen LogP) is 0.394. The van der Waals surface area contributed by atoms with Gasteiger partial charge in [-0.2, -0.15) is 0 Å². The maximum Gasteiger partial charge on any atom is 0.416 e. The van der Waals surface area contributed by atoms with Crippen molar-refractivity contribution in [3.05, 3.63) is 35.9 Å². The molecule has 3 amide bonds. The molecule has 1 aromatic rings. The van der Waals surface area contributed by atoms with Crippen molar-refractivity contribution in [2.45, 2.75) is 6.04 Å². The van der Waals surface area contributed by atoms with Crippen molar-refractivity contribution in [2.24, 2.45) is 0 Å². The molecule has 1 aliphatic heterocycles. The van der Waals surface area contributed by atoms with E-state index in [-0.39, 0.29) is 12.5 Å². The molecule has 0 radical (unpaired) electrons. The van der Waals surface area contributed by atoms with Crippen LogP contribution in [-0.2, 0) is 9.53 Å². The minimum absolute atomic E-state index is 0.138. The highest BCUT2D eigenvalue weighted by Crippen LogP contribution is 2.06. The second-order valence-electron chi connectivity index (χ2n) is 3.87. The molecule has 6 nitrogen and oxygen atoms in total. The average molecular weight is 248 g/mol. The fourth-order valence-corrected chi connectivity index (χ4v) is 1.58. The Bertz CT molecular complexity index is 486.